The Kier molecular flexibility index (Phi) is 3.26. The second-order valence-corrected chi connectivity index (χ2v) is 2.98. The summed E-state index contributed by atoms with van der Waals surface area (Å²) >= 11 is 0. The van der Waals surface area contributed by atoms with E-state index in [-0.39, 0.29) is 6.04 Å². The molecule has 0 unspecified atom stereocenters. The van der Waals surface area contributed by atoms with E-state index in [0.717, 1.165) is 6.42 Å². The zero-order valence-corrected chi connectivity index (χ0v) is 7.67. The first-order valence-electron chi connectivity index (χ1n) is 4.33. The molecule has 0 spiro atoms. The van der Waals surface area contributed by atoms with E-state index in [1.807, 2.05) is 6.92 Å². The molecule has 1 aromatic carbocycles. The van der Waals surface area contributed by atoms with Gasteiger partial charge in [0.1, 0.15) is 0 Å². The van der Waals surface area contributed by atoms with Crippen molar-refractivity contribution in [3.63, 3.8) is 0 Å². The number of nitrogens with two attached hydrogens (primary N) is 1. The molecular formula is C10H16N2. The Hall–Kier alpha value is -0.860. The molecule has 0 saturated carbocycles. The first-order valence-corrected chi connectivity index (χ1v) is 4.33. The van der Waals surface area contributed by atoms with Gasteiger partial charge in [-0.1, -0.05) is 31.2 Å². The van der Waals surface area contributed by atoms with Gasteiger partial charge in [0.25, 0.3) is 0 Å². The molecule has 1 rings (SSSR count). The van der Waals surface area contributed by atoms with Crippen LogP contribution in [0.1, 0.15) is 31.0 Å². The summed E-state index contributed by atoms with van der Waals surface area (Å²) in [5.41, 5.74) is 5.31. The highest BCUT2D eigenvalue weighted by Gasteiger charge is 2.00. The van der Waals surface area contributed by atoms with Crippen molar-refractivity contribution in [2.24, 2.45) is 5.84 Å². The minimum Gasteiger partial charge on any atom is -0.271 e. The Morgan fingerprint density at radius 3 is 2.33 bits per heavy atom. The van der Waals surface area contributed by atoms with E-state index in [1.54, 1.807) is 0 Å². The van der Waals surface area contributed by atoms with Crippen molar-refractivity contribution in [2.45, 2.75) is 26.3 Å². The monoisotopic (exact) mass is 164 g/mol. The number of nitrogens with one attached hydrogen (secondary N) is 1. The normalized spacial score (nSPS) is 12.9. The highest BCUT2D eigenvalue weighted by atomic mass is 15.2. The van der Waals surface area contributed by atoms with Gasteiger partial charge in [-0.05, 0) is 24.5 Å². The molecule has 0 heterocycles. The molecular weight excluding hydrogens is 148 g/mol. The van der Waals surface area contributed by atoms with Gasteiger partial charge in [-0.2, -0.15) is 0 Å². The maximum atomic E-state index is 5.32. The quantitative estimate of drug-likeness (QED) is 0.528. The summed E-state index contributed by atoms with van der Waals surface area (Å²) in [4.78, 5) is 0. The predicted octanol–water partition coefficient (Wildman–Crippen LogP) is 1.77. The summed E-state index contributed by atoms with van der Waals surface area (Å²) in [5.74, 6) is 5.32. The lowest BCUT2D eigenvalue weighted by Crippen LogP contribution is -2.25. The van der Waals surface area contributed by atoms with Crippen LogP contribution < -0.4 is 11.3 Å². The van der Waals surface area contributed by atoms with E-state index in [1.165, 1.54) is 11.1 Å². The molecule has 3 N–H and O–H groups in total. The fourth-order valence-corrected chi connectivity index (χ4v) is 1.14. The van der Waals surface area contributed by atoms with Gasteiger partial charge in [0.05, 0.1) is 0 Å². The van der Waals surface area contributed by atoms with Crippen LogP contribution in [-0.2, 0) is 6.42 Å². The van der Waals surface area contributed by atoms with Crippen molar-refractivity contribution in [1.82, 2.24) is 5.43 Å². The third-order valence-corrected chi connectivity index (χ3v) is 2.14. The molecule has 0 saturated heterocycles. The number of hydrazine groups is 1. The van der Waals surface area contributed by atoms with Gasteiger partial charge >= 0.3 is 0 Å². The van der Waals surface area contributed by atoms with E-state index in [2.05, 4.69) is 36.6 Å². The largest absolute Gasteiger partial charge is 0.271 e. The highest BCUT2D eigenvalue weighted by Crippen LogP contribution is 2.12. The van der Waals surface area contributed by atoms with Crippen molar-refractivity contribution >= 4 is 0 Å². The minimum absolute atomic E-state index is 0.232. The van der Waals surface area contributed by atoms with Crippen LogP contribution in [0.2, 0.25) is 0 Å². The Morgan fingerprint density at radius 2 is 1.92 bits per heavy atom. The van der Waals surface area contributed by atoms with Crippen LogP contribution in [0.25, 0.3) is 0 Å². The van der Waals surface area contributed by atoms with E-state index in [4.69, 9.17) is 5.84 Å². The standard InChI is InChI=1S/C10H16N2/c1-3-9-4-6-10(7-5-9)8(2)12-11/h4-8,12H,3,11H2,1-2H3/t8-/m1/s1. The van der Waals surface area contributed by atoms with E-state index in [9.17, 15) is 0 Å². The van der Waals surface area contributed by atoms with Gasteiger partial charge in [-0.25, -0.2) is 0 Å². The molecule has 1 aromatic rings. The van der Waals surface area contributed by atoms with Crippen LogP contribution in [0, 0.1) is 0 Å². The maximum Gasteiger partial charge on any atom is 0.0431 e. The molecule has 66 valence electrons. The molecule has 0 bridgehead atoms. The van der Waals surface area contributed by atoms with E-state index in [0.29, 0.717) is 0 Å². The Balaban J connectivity index is 2.77. The van der Waals surface area contributed by atoms with Crippen molar-refractivity contribution in [2.75, 3.05) is 0 Å². The average molecular weight is 164 g/mol. The third kappa shape index (κ3) is 2.06. The van der Waals surface area contributed by atoms with Gasteiger partial charge in [-0.3, -0.25) is 11.3 Å². The molecule has 0 aliphatic rings. The highest BCUT2D eigenvalue weighted by molar-refractivity contribution is 5.24. The topological polar surface area (TPSA) is 38.0 Å². The van der Waals surface area contributed by atoms with Crippen molar-refractivity contribution < 1.29 is 0 Å². The summed E-state index contributed by atoms with van der Waals surface area (Å²) in [7, 11) is 0. The smallest absolute Gasteiger partial charge is 0.0431 e. The molecule has 0 radical (unpaired) electrons. The van der Waals surface area contributed by atoms with Crippen LogP contribution in [0.15, 0.2) is 24.3 Å². The zero-order chi connectivity index (χ0) is 8.97. The summed E-state index contributed by atoms with van der Waals surface area (Å²) in [6.45, 7) is 4.20. The van der Waals surface area contributed by atoms with Crippen LogP contribution >= 0.6 is 0 Å². The van der Waals surface area contributed by atoms with Gasteiger partial charge in [0, 0.05) is 6.04 Å². The first-order chi connectivity index (χ1) is 5.77. The fraction of sp³-hybridized carbons (Fsp3) is 0.400. The number of rotatable bonds is 3. The maximum absolute atomic E-state index is 5.32. The Morgan fingerprint density at radius 1 is 1.33 bits per heavy atom. The predicted molar refractivity (Wildman–Crippen MR) is 51.6 cm³/mol. The number of aryl methyl sites for hydroxylation is 1. The van der Waals surface area contributed by atoms with E-state index < -0.39 is 0 Å². The van der Waals surface area contributed by atoms with Crippen LogP contribution in [0.5, 0.6) is 0 Å². The Bertz CT molecular complexity index is 228. The molecule has 0 aromatic heterocycles. The molecule has 0 fully saturated rings. The van der Waals surface area contributed by atoms with Gasteiger partial charge < -0.3 is 0 Å². The van der Waals surface area contributed by atoms with Gasteiger partial charge in [0.15, 0.2) is 0 Å². The van der Waals surface area contributed by atoms with Crippen LogP contribution in [0.3, 0.4) is 0 Å². The molecule has 0 aliphatic heterocycles. The summed E-state index contributed by atoms with van der Waals surface area (Å²) < 4.78 is 0. The lowest BCUT2D eigenvalue weighted by Gasteiger charge is -2.10. The molecule has 1 atom stereocenters. The molecule has 2 heteroatoms. The van der Waals surface area contributed by atoms with Crippen molar-refractivity contribution in [3.05, 3.63) is 35.4 Å². The minimum atomic E-state index is 0.232. The molecule has 2 nitrogen and oxygen atoms in total. The second-order valence-electron chi connectivity index (χ2n) is 2.98. The molecule has 0 aliphatic carbocycles. The summed E-state index contributed by atoms with van der Waals surface area (Å²) in [5, 5.41) is 0. The van der Waals surface area contributed by atoms with Crippen molar-refractivity contribution in [1.29, 1.82) is 0 Å². The fourth-order valence-electron chi connectivity index (χ4n) is 1.14. The number of hydrogen-bond donors (Lipinski definition) is 2. The van der Waals surface area contributed by atoms with Crippen molar-refractivity contribution in [3.8, 4) is 0 Å². The van der Waals surface area contributed by atoms with Gasteiger partial charge in [0.2, 0.25) is 0 Å². The Labute approximate surface area is 73.8 Å². The van der Waals surface area contributed by atoms with Gasteiger partial charge in [-0.15, -0.1) is 0 Å². The summed E-state index contributed by atoms with van der Waals surface area (Å²) in [6, 6.07) is 8.75. The molecule has 0 amide bonds. The summed E-state index contributed by atoms with van der Waals surface area (Å²) in [6.07, 6.45) is 1.09. The second kappa shape index (κ2) is 4.24. The average Bonchev–Trinajstić information content (AvgIpc) is 2.17. The SMILES string of the molecule is CCc1ccc([C@@H](C)NN)cc1. The van der Waals surface area contributed by atoms with E-state index >= 15 is 0 Å². The number of benzene rings is 1. The van der Waals surface area contributed by atoms with Crippen LogP contribution in [0.4, 0.5) is 0 Å². The first kappa shape index (κ1) is 9.23. The zero-order valence-electron chi connectivity index (χ0n) is 7.67. The lowest BCUT2D eigenvalue weighted by atomic mass is 10.1. The number of hydrogen-bond acceptors (Lipinski definition) is 2. The third-order valence-electron chi connectivity index (χ3n) is 2.14. The molecule has 12 heavy (non-hydrogen) atoms. The van der Waals surface area contributed by atoms with Crippen LogP contribution in [-0.4, -0.2) is 0 Å². The lowest BCUT2D eigenvalue weighted by molar-refractivity contribution is 0.602.